The number of hydrogen-bond acceptors (Lipinski definition) is 3. The predicted molar refractivity (Wildman–Crippen MR) is 179 cm³/mol. The largest absolute Gasteiger partial charge is 0.316 e. The lowest BCUT2D eigenvalue weighted by Gasteiger charge is -2.13. The molecule has 0 radical (unpaired) electrons. The minimum Gasteiger partial charge on any atom is -0.316 e. The van der Waals surface area contributed by atoms with Crippen molar-refractivity contribution >= 4 is 54.3 Å². The minimum absolute atomic E-state index is 0.676. The standard InChI is InChI=1S/C38H24N4S/c1-3-11-25(12-4-1)27-15-7-8-17-29(27)35-37-32(22-24-43-37)39-38(40-35)42-34-18-10-9-16-28(34)30-19-20-33-31(36(30)42)21-23-41(33)26-13-5-2-6-14-26/h1-24H. The highest BCUT2D eigenvalue weighted by atomic mass is 32.1. The molecule has 0 amide bonds. The van der Waals surface area contributed by atoms with Crippen molar-refractivity contribution in [1.82, 2.24) is 19.1 Å². The molecule has 9 aromatic rings. The predicted octanol–water partition coefficient (Wildman–Crippen LogP) is 10.1. The van der Waals surface area contributed by atoms with Gasteiger partial charge in [0.2, 0.25) is 5.95 Å². The summed E-state index contributed by atoms with van der Waals surface area (Å²) in [5, 5.41) is 5.65. The number of aromatic nitrogens is 4. The molecule has 0 aliphatic rings. The van der Waals surface area contributed by atoms with Crippen molar-refractivity contribution in [2.75, 3.05) is 0 Å². The lowest BCUT2D eigenvalue weighted by atomic mass is 9.97. The van der Waals surface area contributed by atoms with Crippen molar-refractivity contribution in [2.45, 2.75) is 0 Å². The number of fused-ring (bicyclic) bond motifs is 6. The van der Waals surface area contributed by atoms with Crippen LogP contribution in [-0.2, 0) is 0 Å². The van der Waals surface area contributed by atoms with Gasteiger partial charge in [-0.2, -0.15) is 0 Å². The first-order chi connectivity index (χ1) is 21.3. The van der Waals surface area contributed by atoms with Crippen molar-refractivity contribution in [3.63, 3.8) is 0 Å². The Kier molecular flexibility index (Phi) is 5.33. The molecule has 0 spiro atoms. The fourth-order valence-corrected chi connectivity index (χ4v) is 7.23. The molecule has 4 aromatic heterocycles. The van der Waals surface area contributed by atoms with Crippen LogP contribution < -0.4 is 0 Å². The first-order valence-corrected chi connectivity index (χ1v) is 15.2. The third-order valence-electron chi connectivity index (χ3n) is 8.30. The van der Waals surface area contributed by atoms with E-state index in [2.05, 4.69) is 154 Å². The minimum atomic E-state index is 0.676. The molecule has 0 saturated carbocycles. The van der Waals surface area contributed by atoms with Gasteiger partial charge in [-0.15, -0.1) is 11.3 Å². The molecule has 0 unspecified atom stereocenters. The lowest BCUT2D eigenvalue weighted by Crippen LogP contribution is -2.03. The van der Waals surface area contributed by atoms with Crippen LogP contribution in [0.25, 0.3) is 76.9 Å². The van der Waals surface area contributed by atoms with Gasteiger partial charge in [0.15, 0.2) is 0 Å². The highest BCUT2D eigenvalue weighted by molar-refractivity contribution is 7.17. The van der Waals surface area contributed by atoms with Crippen LogP contribution in [0.2, 0.25) is 0 Å². The summed E-state index contributed by atoms with van der Waals surface area (Å²) in [5.41, 5.74) is 9.83. The Bertz CT molecular complexity index is 2450. The molecule has 5 aromatic carbocycles. The topological polar surface area (TPSA) is 35.6 Å². The number of thiophene rings is 1. The van der Waals surface area contributed by atoms with Crippen LogP contribution in [0, 0.1) is 0 Å². The highest BCUT2D eigenvalue weighted by Crippen LogP contribution is 2.40. The van der Waals surface area contributed by atoms with Crippen molar-refractivity contribution in [1.29, 1.82) is 0 Å². The van der Waals surface area contributed by atoms with E-state index in [1.807, 2.05) is 0 Å². The van der Waals surface area contributed by atoms with Crippen LogP contribution in [0.4, 0.5) is 0 Å². The molecule has 4 heterocycles. The van der Waals surface area contributed by atoms with Gasteiger partial charge in [-0.3, -0.25) is 4.57 Å². The van der Waals surface area contributed by atoms with Crippen LogP contribution in [0.1, 0.15) is 0 Å². The summed E-state index contributed by atoms with van der Waals surface area (Å²) < 4.78 is 5.60. The second kappa shape index (κ2) is 9.51. The van der Waals surface area contributed by atoms with Gasteiger partial charge in [-0.05, 0) is 52.9 Å². The molecule has 9 rings (SSSR count). The molecular weight excluding hydrogens is 545 g/mol. The summed E-state index contributed by atoms with van der Waals surface area (Å²) >= 11 is 1.69. The highest BCUT2D eigenvalue weighted by Gasteiger charge is 2.21. The fourth-order valence-electron chi connectivity index (χ4n) is 6.39. The smallest absolute Gasteiger partial charge is 0.235 e. The van der Waals surface area contributed by atoms with E-state index in [1.165, 1.54) is 16.3 Å². The van der Waals surface area contributed by atoms with Gasteiger partial charge in [0, 0.05) is 33.6 Å². The van der Waals surface area contributed by atoms with Gasteiger partial charge in [0.05, 0.1) is 32.5 Å². The molecule has 43 heavy (non-hydrogen) atoms. The monoisotopic (exact) mass is 568 g/mol. The molecule has 0 aliphatic heterocycles. The lowest BCUT2D eigenvalue weighted by molar-refractivity contribution is 1.02. The zero-order chi connectivity index (χ0) is 28.3. The second-order valence-electron chi connectivity index (χ2n) is 10.7. The summed E-state index contributed by atoms with van der Waals surface area (Å²) in [7, 11) is 0. The molecule has 5 heteroatoms. The maximum atomic E-state index is 5.40. The van der Waals surface area contributed by atoms with E-state index in [9.17, 15) is 0 Å². The Balaban J connectivity index is 1.37. The van der Waals surface area contributed by atoms with E-state index in [-0.39, 0.29) is 0 Å². The SMILES string of the molecule is c1ccc(-c2ccccc2-c2nc(-n3c4ccccc4c4ccc5c(ccn5-c5ccccc5)c43)nc3ccsc23)cc1. The van der Waals surface area contributed by atoms with Crippen molar-refractivity contribution in [2.24, 2.45) is 0 Å². The van der Waals surface area contributed by atoms with E-state index in [1.54, 1.807) is 11.3 Å². The van der Waals surface area contributed by atoms with Gasteiger partial charge in [-0.25, -0.2) is 9.97 Å². The Labute approximate surface area is 251 Å². The van der Waals surface area contributed by atoms with E-state index in [4.69, 9.17) is 9.97 Å². The summed E-state index contributed by atoms with van der Waals surface area (Å²) in [6, 6.07) is 47.0. The number of rotatable bonds is 4. The third-order valence-corrected chi connectivity index (χ3v) is 9.21. The van der Waals surface area contributed by atoms with Gasteiger partial charge in [0.25, 0.3) is 0 Å². The van der Waals surface area contributed by atoms with Gasteiger partial charge in [-0.1, -0.05) is 97.1 Å². The van der Waals surface area contributed by atoms with Crippen LogP contribution in [0.15, 0.2) is 145 Å². The van der Waals surface area contributed by atoms with Crippen molar-refractivity contribution in [3.05, 3.63) is 145 Å². The third kappa shape index (κ3) is 3.69. The Morgan fingerprint density at radius 1 is 0.535 bits per heavy atom. The van der Waals surface area contributed by atoms with Gasteiger partial charge >= 0.3 is 0 Å². The van der Waals surface area contributed by atoms with Crippen LogP contribution in [-0.4, -0.2) is 19.1 Å². The van der Waals surface area contributed by atoms with Crippen LogP contribution in [0.5, 0.6) is 0 Å². The normalized spacial score (nSPS) is 11.7. The maximum Gasteiger partial charge on any atom is 0.235 e. The number of para-hydroxylation sites is 2. The maximum absolute atomic E-state index is 5.40. The molecule has 0 N–H and O–H groups in total. The second-order valence-corrected chi connectivity index (χ2v) is 11.6. The molecule has 202 valence electrons. The van der Waals surface area contributed by atoms with E-state index >= 15 is 0 Å². The molecule has 4 nitrogen and oxygen atoms in total. The van der Waals surface area contributed by atoms with Crippen LogP contribution in [0.3, 0.4) is 0 Å². The number of nitrogens with zero attached hydrogens (tertiary/aromatic N) is 4. The average molecular weight is 569 g/mol. The molecule has 0 aliphatic carbocycles. The molecule has 0 saturated heterocycles. The molecule has 0 bridgehead atoms. The van der Waals surface area contributed by atoms with Crippen LogP contribution >= 0.6 is 11.3 Å². The first-order valence-electron chi connectivity index (χ1n) is 14.3. The number of hydrogen-bond donors (Lipinski definition) is 0. The quantitative estimate of drug-likeness (QED) is 0.212. The van der Waals surface area contributed by atoms with Crippen molar-refractivity contribution in [3.8, 4) is 34.0 Å². The van der Waals surface area contributed by atoms with Gasteiger partial charge < -0.3 is 4.57 Å². The Morgan fingerprint density at radius 2 is 1.28 bits per heavy atom. The van der Waals surface area contributed by atoms with E-state index in [0.717, 1.165) is 54.7 Å². The van der Waals surface area contributed by atoms with E-state index < -0.39 is 0 Å². The summed E-state index contributed by atoms with van der Waals surface area (Å²) in [4.78, 5) is 10.6. The summed E-state index contributed by atoms with van der Waals surface area (Å²) in [6.07, 6.45) is 2.16. The zero-order valence-electron chi connectivity index (χ0n) is 23.1. The Hall–Kier alpha value is -5.52. The first kappa shape index (κ1) is 24.1. The van der Waals surface area contributed by atoms with E-state index in [0.29, 0.717) is 5.95 Å². The molecule has 0 atom stereocenters. The summed E-state index contributed by atoms with van der Waals surface area (Å²) in [5.74, 6) is 0.676. The number of benzene rings is 5. The van der Waals surface area contributed by atoms with Gasteiger partial charge in [0.1, 0.15) is 0 Å². The van der Waals surface area contributed by atoms with Crippen molar-refractivity contribution < 1.29 is 0 Å². The Morgan fingerprint density at radius 3 is 2.14 bits per heavy atom. The average Bonchev–Trinajstić information content (AvgIpc) is 3.81. The molecule has 0 fully saturated rings. The molecular formula is C38H24N4S. The fraction of sp³-hybridized carbons (Fsp3) is 0. The summed E-state index contributed by atoms with van der Waals surface area (Å²) in [6.45, 7) is 0. The zero-order valence-corrected chi connectivity index (χ0v) is 23.9.